The van der Waals surface area contributed by atoms with Crippen molar-refractivity contribution in [3.63, 3.8) is 0 Å². The van der Waals surface area contributed by atoms with Crippen LogP contribution in [0.25, 0.3) is 0 Å². The third-order valence-corrected chi connectivity index (χ3v) is 9.14. The van der Waals surface area contributed by atoms with Gasteiger partial charge in [-0.15, -0.1) is 0 Å². The first kappa shape index (κ1) is 31.0. The van der Waals surface area contributed by atoms with E-state index in [9.17, 15) is 18.0 Å². The zero-order valence-electron chi connectivity index (χ0n) is 23.6. The lowest BCUT2D eigenvalue weighted by atomic mass is 10.0. The molecule has 0 aromatic heterocycles. The number of carbonyl (C=O) groups is 2. The van der Waals surface area contributed by atoms with Gasteiger partial charge >= 0.3 is 0 Å². The van der Waals surface area contributed by atoms with Crippen molar-refractivity contribution < 1.29 is 18.0 Å². The summed E-state index contributed by atoms with van der Waals surface area (Å²) in [6.45, 7) is 3.73. The Bertz CT molecular complexity index is 1580. The predicted molar refractivity (Wildman–Crippen MR) is 169 cm³/mol. The summed E-state index contributed by atoms with van der Waals surface area (Å²) in [7, 11) is -4.11. The maximum atomic E-state index is 14.3. The van der Waals surface area contributed by atoms with E-state index in [1.54, 1.807) is 42.5 Å². The van der Waals surface area contributed by atoms with Gasteiger partial charge in [-0.05, 0) is 61.4 Å². The highest BCUT2D eigenvalue weighted by atomic mass is 79.9. The minimum absolute atomic E-state index is 0.0776. The van der Waals surface area contributed by atoms with E-state index in [1.807, 2.05) is 68.4 Å². The first-order chi connectivity index (χ1) is 20.2. The minimum atomic E-state index is -4.11. The van der Waals surface area contributed by atoms with Gasteiger partial charge in [0.15, 0.2) is 0 Å². The van der Waals surface area contributed by atoms with Crippen LogP contribution in [0.5, 0.6) is 0 Å². The molecule has 4 aromatic carbocycles. The van der Waals surface area contributed by atoms with Crippen molar-refractivity contribution in [2.45, 2.75) is 37.8 Å². The van der Waals surface area contributed by atoms with Crippen LogP contribution in [0.15, 0.2) is 119 Å². The molecular weight excluding hydrogens is 614 g/mol. The van der Waals surface area contributed by atoms with Gasteiger partial charge in [0.2, 0.25) is 11.8 Å². The molecule has 0 aliphatic carbocycles. The fourth-order valence-electron chi connectivity index (χ4n) is 4.59. The lowest BCUT2D eigenvalue weighted by Gasteiger charge is -2.33. The van der Waals surface area contributed by atoms with Crippen molar-refractivity contribution in [2.75, 3.05) is 17.4 Å². The molecule has 1 N–H and O–H groups in total. The van der Waals surface area contributed by atoms with Gasteiger partial charge in [-0.2, -0.15) is 0 Å². The number of amides is 2. The molecule has 0 radical (unpaired) electrons. The van der Waals surface area contributed by atoms with Gasteiger partial charge in [-0.1, -0.05) is 94.3 Å². The molecule has 0 unspecified atom stereocenters. The van der Waals surface area contributed by atoms with Gasteiger partial charge in [-0.25, -0.2) is 8.42 Å². The number of sulfonamides is 1. The molecule has 7 nitrogen and oxygen atoms in total. The van der Waals surface area contributed by atoms with E-state index in [-0.39, 0.29) is 23.8 Å². The quantitative estimate of drug-likeness (QED) is 0.213. The summed E-state index contributed by atoms with van der Waals surface area (Å²) in [4.78, 5) is 29.4. The molecule has 0 saturated carbocycles. The second-order valence-corrected chi connectivity index (χ2v) is 12.7. The Morgan fingerprint density at radius 3 is 2.00 bits per heavy atom. The molecular formula is C33H34BrN3O4S. The summed E-state index contributed by atoms with van der Waals surface area (Å²) in [6, 6.07) is 31.2. The fourth-order valence-corrected chi connectivity index (χ4v) is 6.27. The molecule has 0 aliphatic heterocycles. The van der Waals surface area contributed by atoms with Gasteiger partial charge in [0.25, 0.3) is 10.0 Å². The Labute approximate surface area is 256 Å². The molecule has 9 heteroatoms. The zero-order valence-corrected chi connectivity index (χ0v) is 26.0. The van der Waals surface area contributed by atoms with Crippen molar-refractivity contribution >= 4 is 43.5 Å². The van der Waals surface area contributed by atoms with E-state index in [2.05, 4.69) is 21.2 Å². The molecule has 0 fully saturated rings. The predicted octanol–water partition coefficient (Wildman–Crippen LogP) is 5.73. The van der Waals surface area contributed by atoms with Crippen molar-refractivity contribution in [2.24, 2.45) is 0 Å². The average Bonchev–Trinajstić information content (AvgIpc) is 2.99. The number of para-hydroxylation sites is 1. The summed E-state index contributed by atoms with van der Waals surface area (Å²) in [6.07, 6.45) is 0.269. The minimum Gasteiger partial charge on any atom is -0.355 e. The van der Waals surface area contributed by atoms with E-state index < -0.39 is 28.5 Å². The highest BCUT2D eigenvalue weighted by Crippen LogP contribution is 2.25. The smallest absolute Gasteiger partial charge is 0.264 e. The van der Waals surface area contributed by atoms with Crippen molar-refractivity contribution in [1.29, 1.82) is 0 Å². The van der Waals surface area contributed by atoms with Gasteiger partial charge in [0.05, 0.1) is 10.6 Å². The van der Waals surface area contributed by atoms with Crippen LogP contribution in [-0.2, 0) is 32.6 Å². The van der Waals surface area contributed by atoms with E-state index in [0.717, 1.165) is 25.5 Å². The van der Waals surface area contributed by atoms with Gasteiger partial charge in [0.1, 0.15) is 12.6 Å². The second-order valence-electron chi connectivity index (χ2n) is 9.91. The average molecular weight is 649 g/mol. The van der Waals surface area contributed by atoms with Crippen LogP contribution in [0.4, 0.5) is 5.69 Å². The van der Waals surface area contributed by atoms with Gasteiger partial charge in [-0.3, -0.25) is 13.9 Å². The second kappa shape index (κ2) is 14.3. The number of likely N-dealkylation sites (N-methyl/N-ethyl adjacent to an activating group) is 1. The molecule has 1 atom stereocenters. The molecule has 4 aromatic rings. The number of aryl methyl sites for hydroxylation is 1. The number of carbonyl (C=O) groups excluding carboxylic acids is 2. The molecule has 4 rings (SSSR count). The lowest BCUT2D eigenvalue weighted by Crippen LogP contribution is -2.53. The Hall–Kier alpha value is -3.95. The first-order valence-corrected chi connectivity index (χ1v) is 15.9. The van der Waals surface area contributed by atoms with Crippen LogP contribution < -0.4 is 9.62 Å². The number of hydrogen-bond acceptors (Lipinski definition) is 4. The number of nitrogens with zero attached hydrogens (tertiary/aromatic N) is 2. The largest absolute Gasteiger partial charge is 0.355 e. The van der Waals surface area contributed by atoms with Crippen molar-refractivity contribution in [3.8, 4) is 0 Å². The number of rotatable bonds is 12. The summed E-state index contributed by atoms with van der Waals surface area (Å²) in [5, 5.41) is 2.87. The maximum Gasteiger partial charge on any atom is 0.264 e. The molecule has 0 saturated heterocycles. The zero-order chi connectivity index (χ0) is 30.1. The van der Waals surface area contributed by atoms with E-state index in [1.165, 1.54) is 17.0 Å². The molecule has 218 valence electrons. The number of nitrogens with one attached hydrogen (secondary N) is 1. The van der Waals surface area contributed by atoms with Crippen LogP contribution in [0, 0.1) is 6.92 Å². The number of halogens is 1. The Morgan fingerprint density at radius 2 is 1.40 bits per heavy atom. The molecule has 0 aliphatic rings. The van der Waals surface area contributed by atoms with Crippen molar-refractivity contribution in [1.82, 2.24) is 10.2 Å². The molecule has 0 spiro atoms. The summed E-state index contributed by atoms with van der Waals surface area (Å²) in [5.41, 5.74) is 2.96. The van der Waals surface area contributed by atoms with E-state index >= 15 is 0 Å². The summed E-state index contributed by atoms with van der Waals surface area (Å²) in [5.74, 6) is -0.802. The maximum absolute atomic E-state index is 14.3. The monoisotopic (exact) mass is 647 g/mol. The van der Waals surface area contributed by atoms with Crippen LogP contribution in [0.1, 0.15) is 23.6 Å². The SMILES string of the molecule is CCNC(=O)[C@@H](Cc1ccccc1)N(Cc1ccc(Br)cc1)C(=O)CN(c1ccccc1)S(=O)(=O)c1ccc(C)cc1. The van der Waals surface area contributed by atoms with Crippen molar-refractivity contribution in [3.05, 3.63) is 130 Å². The molecule has 2 amide bonds. The summed E-state index contributed by atoms with van der Waals surface area (Å²) >= 11 is 3.45. The lowest BCUT2D eigenvalue weighted by molar-refractivity contribution is -0.140. The van der Waals surface area contributed by atoms with Crippen LogP contribution in [0.2, 0.25) is 0 Å². The van der Waals surface area contributed by atoms with E-state index in [0.29, 0.717) is 12.2 Å². The Kier molecular flexibility index (Phi) is 10.5. The normalized spacial score (nSPS) is 11.9. The van der Waals surface area contributed by atoms with Crippen LogP contribution >= 0.6 is 15.9 Å². The fraction of sp³-hybridized carbons (Fsp3) is 0.212. The standard InChI is InChI=1S/C33H34BrN3O4S/c1-3-35-33(39)31(22-26-10-6-4-7-11-26)36(23-27-16-18-28(34)19-17-27)32(38)24-37(29-12-8-5-9-13-29)42(40,41)30-20-14-25(2)15-21-30/h4-21,31H,3,22-24H2,1-2H3,(H,35,39)/t31-/m1/s1. The Morgan fingerprint density at radius 1 is 0.810 bits per heavy atom. The summed E-state index contributed by atoms with van der Waals surface area (Å²) < 4.78 is 29.9. The highest BCUT2D eigenvalue weighted by molar-refractivity contribution is 9.10. The van der Waals surface area contributed by atoms with Crippen LogP contribution in [0.3, 0.4) is 0 Å². The van der Waals surface area contributed by atoms with Gasteiger partial charge in [0, 0.05) is 24.0 Å². The van der Waals surface area contributed by atoms with Crippen LogP contribution in [-0.4, -0.2) is 44.3 Å². The Balaban J connectivity index is 1.77. The highest BCUT2D eigenvalue weighted by Gasteiger charge is 2.34. The van der Waals surface area contributed by atoms with Gasteiger partial charge < -0.3 is 10.2 Å². The first-order valence-electron chi connectivity index (χ1n) is 13.7. The molecule has 42 heavy (non-hydrogen) atoms. The van der Waals surface area contributed by atoms with E-state index in [4.69, 9.17) is 0 Å². The number of anilines is 1. The number of benzene rings is 4. The third-order valence-electron chi connectivity index (χ3n) is 6.82. The topological polar surface area (TPSA) is 86.8 Å². The molecule has 0 heterocycles. The number of hydrogen-bond donors (Lipinski definition) is 1. The third kappa shape index (κ3) is 7.86. The molecule has 0 bridgehead atoms.